The average molecular weight is 869 g/mol. The number of aryl methyl sites for hydroxylation is 1. The van der Waals surface area contributed by atoms with Gasteiger partial charge in [0.2, 0.25) is 0 Å². The minimum atomic E-state index is 0.398. The quantitative estimate of drug-likeness (QED) is 0.140. The van der Waals surface area contributed by atoms with Gasteiger partial charge in [0.05, 0.1) is 0 Å². The van der Waals surface area contributed by atoms with Crippen LogP contribution in [0.15, 0.2) is 254 Å². The molecule has 0 fully saturated rings. The number of hydrogen-bond acceptors (Lipinski definition) is 2. The molecule has 68 heavy (non-hydrogen) atoms. The van der Waals surface area contributed by atoms with Crippen LogP contribution in [0.5, 0.6) is 0 Å². The van der Waals surface area contributed by atoms with Gasteiger partial charge in [0.15, 0.2) is 0 Å². The summed E-state index contributed by atoms with van der Waals surface area (Å²) in [5, 5.41) is 9.77. The second kappa shape index (κ2) is 16.8. The smallest absolute Gasteiger partial charge is 0.0468 e. The molecular weight excluding hydrogens is 821 g/mol. The third kappa shape index (κ3) is 7.05. The van der Waals surface area contributed by atoms with Crippen molar-refractivity contribution >= 4 is 77.6 Å². The fraction of sp³-hybridized carbons (Fsp3) is 0.0606. The molecule has 0 aromatic heterocycles. The molecule has 3 aliphatic carbocycles. The number of anilines is 5. The first-order chi connectivity index (χ1) is 33.7. The summed E-state index contributed by atoms with van der Waals surface area (Å²) in [4.78, 5) is 4.93. The Morgan fingerprint density at radius 2 is 0.941 bits per heavy atom. The third-order valence-corrected chi connectivity index (χ3v) is 14.3. The van der Waals surface area contributed by atoms with E-state index in [2.05, 4.69) is 259 Å². The van der Waals surface area contributed by atoms with Crippen LogP contribution in [0.4, 0.5) is 28.4 Å². The molecule has 0 saturated carbocycles. The number of hydrogen-bond donors (Lipinski definition) is 0. The molecule has 0 saturated heterocycles. The highest BCUT2D eigenvalue weighted by Crippen LogP contribution is 2.49. The number of fused-ring (bicyclic) bond motifs is 6. The SMILES string of the molecule is C1=CC2=CC(N(c3ccc4ccccc4c3)c3ccc4c(-c5ccccc5)c5cc(N(c6ccc7c(c6)C=CCC7)c6ccc7ccccc7c6)ccc5c(-c5ccccc5)c4c3)=CCC2C=C1. The van der Waals surface area contributed by atoms with Gasteiger partial charge >= 0.3 is 0 Å². The summed E-state index contributed by atoms with van der Waals surface area (Å²) in [5.41, 5.74) is 15.7. The lowest BCUT2D eigenvalue weighted by molar-refractivity contribution is 0.768. The largest absolute Gasteiger partial charge is 0.311 e. The van der Waals surface area contributed by atoms with Crippen LogP contribution in [0.3, 0.4) is 0 Å². The topological polar surface area (TPSA) is 6.48 Å². The zero-order valence-corrected chi connectivity index (χ0v) is 37.8. The fourth-order valence-electron chi connectivity index (χ4n) is 11.0. The van der Waals surface area contributed by atoms with Crippen LogP contribution in [0, 0.1) is 5.92 Å². The van der Waals surface area contributed by atoms with E-state index in [-0.39, 0.29) is 0 Å². The van der Waals surface area contributed by atoms with Crippen LogP contribution < -0.4 is 9.80 Å². The summed E-state index contributed by atoms with van der Waals surface area (Å²) in [6.45, 7) is 0. The summed E-state index contributed by atoms with van der Waals surface area (Å²) in [6, 6.07) is 74.5. The van der Waals surface area contributed by atoms with Gasteiger partial charge < -0.3 is 9.80 Å². The molecule has 0 bridgehead atoms. The lowest BCUT2D eigenvalue weighted by Crippen LogP contribution is -2.19. The number of allylic oxidation sites excluding steroid dienone is 8. The molecule has 0 aliphatic heterocycles. The standard InChI is InChI=1S/C66H48N2/c1-3-19-49(20-4-1)65-61-37-35-60(68(57-33-29-47-17-9-13-25-53(47)41-57)58-34-30-48-18-10-14-26-54(48)42-58)44-64(61)66(50-21-5-2-6-22-50)62-38-36-59(43-63(62)65)67(55-31-27-45-15-7-11-23-51(45)39-55)56-32-28-46-16-8-12-24-52(46)40-56/h1-9,11-17,19-27,29-44,46H,10,18,28H2. The molecule has 2 nitrogen and oxygen atoms in total. The van der Waals surface area contributed by atoms with Crippen LogP contribution in [-0.4, -0.2) is 0 Å². The summed E-state index contributed by atoms with van der Waals surface area (Å²) in [6.07, 6.45) is 21.5. The molecule has 1 atom stereocenters. The highest BCUT2D eigenvalue weighted by Gasteiger charge is 2.25. The Kier molecular flexibility index (Phi) is 9.83. The van der Waals surface area contributed by atoms with Gasteiger partial charge in [-0.25, -0.2) is 0 Å². The van der Waals surface area contributed by atoms with Crippen molar-refractivity contribution in [1.82, 2.24) is 0 Å². The van der Waals surface area contributed by atoms with Gasteiger partial charge in [0.1, 0.15) is 0 Å². The maximum absolute atomic E-state index is 2.47. The van der Waals surface area contributed by atoms with Crippen molar-refractivity contribution in [2.75, 3.05) is 9.80 Å². The number of nitrogens with zero attached hydrogens (tertiary/aromatic N) is 2. The predicted molar refractivity (Wildman–Crippen MR) is 291 cm³/mol. The van der Waals surface area contributed by atoms with E-state index in [1.807, 2.05) is 0 Å². The van der Waals surface area contributed by atoms with Gasteiger partial charge in [-0.05, 0) is 168 Å². The molecule has 2 heteroatoms. The van der Waals surface area contributed by atoms with Crippen molar-refractivity contribution in [1.29, 1.82) is 0 Å². The Morgan fingerprint density at radius 3 is 1.59 bits per heavy atom. The van der Waals surface area contributed by atoms with Crippen molar-refractivity contribution in [3.63, 3.8) is 0 Å². The van der Waals surface area contributed by atoms with Gasteiger partial charge in [-0.15, -0.1) is 0 Å². The molecule has 0 spiro atoms. The van der Waals surface area contributed by atoms with Crippen LogP contribution in [0.25, 0.3) is 71.4 Å². The van der Waals surface area contributed by atoms with E-state index < -0.39 is 0 Å². The Bertz CT molecular complexity index is 3770. The maximum atomic E-state index is 2.47. The van der Waals surface area contributed by atoms with Gasteiger partial charge in [0.25, 0.3) is 0 Å². The second-order valence-electron chi connectivity index (χ2n) is 18.4. The van der Waals surface area contributed by atoms with Crippen molar-refractivity contribution in [3.8, 4) is 22.3 Å². The van der Waals surface area contributed by atoms with Crippen molar-refractivity contribution in [3.05, 3.63) is 265 Å². The molecule has 13 rings (SSSR count). The van der Waals surface area contributed by atoms with Crippen LogP contribution in [0.1, 0.15) is 24.0 Å². The second-order valence-corrected chi connectivity index (χ2v) is 18.4. The Labute approximate surface area is 398 Å². The average Bonchev–Trinajstić information content (AvgIpc) is 3.40. The van der Waals surface area contributed by atoms with Gasteiger partial charge in [-0.2, -0.15) is 0 Å². The molecule has 0 amide bonds. The monoisotopic (exact) mass is 868 g/mol. The van der Waals surface area contributed by atoms with Gasteiger partial charge in [0, 0.05) is 40.1 Å². The van der Waals surface area contributed by atoms with Crippen LogP contribution in [0.2, 0.25) is 0 Å². The first kappa shape index (κ1) is 39.9. The zero-order valence-electron chi connectivity index (χ0n) is 37.8. The molecule has 1 unspecified atom stereocenters. The lowest BCUT2D eigenvalue weighted by Gasteiger charge is -2.31. The minimum absolute atomic E-state index is 0.398. The Hall–Kier alpha value is -8.46. The van der Waals surface area contributed by atoms with E-state index in [1.165, 1.54) is 87.7 Å². The molecule has 322 valence electrons. The lowest BCUT2D eigenvalue weighted by atomic mass is 9.85. The first-order valence-corrected chi connectivity index (χ1v) is 24.0. The molecular formula is C66H48N2. The zero-order chi connectivity index (χ0) is 45.0. The predicted octanol–water partition coefficient (Wildman–Crippen LogP) is 18.2. The van der Waals surface area contributed by atoms with E-state index in [4.69, 9.17) is 0 Å². The summed E-state index contributed by atoms with van der Waals surface area (Å²) in [7, 11) is 0. The minimum Gasteiger partial charge on any atom is -0.311 e. The van der Waals surface area contributed by atoms with E-state index in [1.54, 1.807) is 0 Å². The third-order valence-electron chi connectivity index (χ3n) is 14.3. The van der Waals surface area contributed by atoms with Crippen LogP contribution in [-0.2, 0) is 6.42 Å². The van der Waals surface area contributed by atoms with E-state index in [0.717, 1.165) is 47.7 Å². The van der Waals surface area contributed by atoms with Crippen molar-refractivity contribution in [2.45, 2.75) is 19.3 Å². The van der Waals surface area contributed by atoms with Crippen molar-refractivity contribution < 1.29 is 0 Å². The first-order valence-electron chi connectivity index (χ1n) is 24.0. The highest BCUT2D eigenvalue weighted by atomic mass is 15.2. The molecule has 0 radical (unpaired) electrons. The molecule has 3 aliphatic rings. The summed E-state index contributed by atoms with van der Waals surface area (Å²) >= 11 is 0. The normalized spacial score (nSPS) is 15.0. The molecule has 0 heterocycles. The summed E-state index contributed by atoms with van der Waals surface area (Å²) in [5.74, 6) is 0.398. The van der Waals surface area contributed by atoms with E-state index >= 15 is 0 Å². The molecule has 0 N–H and O–H groups in total. The number of benzene rings is 10. The van der Waals surface area contributed by atoms with E-state index in [0.29, 0.717) is 5.92 Å². The maximum Gasteiger partial charge on any atom is 0.0468 e. The summed E-state index contributed by atoms with van der Waals surface area (Å²) < 4.78 is 0. The van der Waals surface area contributed by atoms with Crippen molar-refractivity contribution in [2.24, 2.45) is 5.92 Å². The van der Waals surface area contributed by atoms with Gasteiger partial charge in [-0.3, -0.25) is 0 Å². The van der Waals surface area contributed by atoms with Crippen LogP contribution >= 0.6 is 0 Å². The Balaban J connectivity index is 1.07. The Morgan fingerprint density at radius 1 is 0.412 bits per heavy atom. The van der Waals surface area contributed by atoms with Gasteiger partial charge in [-0.1, -0.05) is 182 Å². The number of rotatable bonds is 8. The molecule has 10 aromatic rings. The fourth-order valence-corrected chi connectivity index (χ4v) is 11.0. The highest BCUT2D eigenvalue weighted by molar-refractivity contribution is 6.22. The van der Waals surface area contributed by atoms with E-state index in [9.17, 15) is 0 Å². The molecule has 10 aromatic carbocycles.